The Hall–Kier alpha value is -1.54. The van der Waals surface area contributed by atoms with Gasteiger partial charge in [-0.1, -0.05) is 30.7 Å². The monoisotopic (exact) mass is 424 g/mol. The maximum absolute atomic E-state index is 13.1. The maximum atomic E-state index is 13.1. The fraction of sp³-hybridized carbons (Fsp3) is 0.316. The lowest BCUT2D eigenvalue weighted by Crippen LogP contribution is -2.40. The highest BCUT2D eigenvalue weighted by atomic mass is 35.5. The SMILES string of the molecule is CCNS(=O)(=O)c1ccc(C(=O)N2CCSCC2c2ccc(Cl)cc2)cc1. The minimum Gasteiger partial charge on any atom is -0.330 e. The molecule has 8 heteroatoms. The zero-order valence-electron chi connectivity index (χ0n) is 14.9. The molecule has 1 aliphatic rings. The summed E-state index contributed by atoms with van der Waals surface area (Å²) in [5, 5.41) is 0.664. The van der Waals surface area contributed by atoms with Gasteiger partial charge in [0.15, 0.2) is 0 Å². The molecule has 0 aromatic heterocycles. The Bertz CT molecular complexity index is 900. The molecule has 0 saturated carbocycles. The van der Waals surface area contributed by atoms with E-state index in [4.69, 9.17) is 11.6 Å². The summed E-state index contributed by atoms with van der Waals surface area (Å²) >= 11 is 7.79. The van der Waals surface area contributed by atoms with Gasteiger partial charge in [-0.2, -0.15) is 11.8 Å². The van der Waals surface area contributed by atoms with Crippen molar-refractivity contribution >= 4 is 39.3 Å². The third-order valence-electron chi connectivity index (χ3n) is 4.39. The van der Waals surface area contributed by atoms with Crippen molar-refractivity contribution in [2.24, 2.45) is 0 Å². The summed E-state index contributed by atoms with van der Waals surface area (Å²) < 4.78 is 26.6. The number of hydrogen-bond donors (Lipinski definition) is 1. The van der Waals surface area contributed by atoms with E-state index in [-0.39, 0.29) is 16.8 Å². The van der Waals surface area contributed by atoms with E-state index < -0.39 is 10.0 Å². The number of carbonyl (C=O) groups is 1. The van der Waals surface area contributed by atoms with Gasteiger partial charge in [0.1, 0.15) is 0 Å². The molecule has 0 spiro atoms. The van der Waals surface area contributed by atoms with Crippen LogP contribution in [0.3, 0.4) is 0 Å². The third-order valence-corrected chi connectivity index (χ3v) is 7.23. The van der Waals surface area contributed by atoms with Crippen molar-refractivity contribution in [1.29, 1.82) is 0 Å². The minimum absolute atomic E-state index is 0.0290. The standard InChI is InChI=1S/C19H21ClN2O3S2/c1-2-21-27(24,25)17-9-5-15(6-10-17)19(23)22-11-12-26-13-18(22)14-3-7-16(20)8-4-14/h3-10,18,21H,2,11-13H2,1H3. The molecule has 0 aliphatic carbocycles. The topological polar surface area (TPSA) is 66.5 Å². The summed E-state index contributed by atoms with van der Waals surface area (Å²) in [6, 6.07) is 13.6. The summed E-state index contributed by atoms with van der Waals surface area (Å²) in [5.41, 5.74) is 1.53. The van der Waals surface area contributed by atoms with Crippen LogP contribution in [0.1, 0.15) is 28.9 Å². The van der Waals surface area contributed by atoms with E-state index in [2.05, 4.69) is 4.72 Å². The number of sulfonamides is 1. The van der Waals surface area contributed by atoms with Gasteiger partial charge in [-0.05, 0) is 42.0 Å². The van der Waals surface area contributed by atoms with Crippen LogP contribution < -0.4 is 4.72 Å². The molecule has 2 aromatic carbocycles. The molecule has 1 unspecified atom stereocenters. The highest BCUT2D eigenvalue weighted by Crippen LogP contribution is 2.31. The second-order valence-corrected chi connectivity index (χ2v) is 9.52. The Labute approximate surface area is 169 Å². The van der Waals surface area contributed by atoms with Crippen LogP contribution in [0.25, 0.3) is 0 Å². The van der Waals surface area contributed by atoms with Gasteiger partial charge in [0.2, 0.25) is 10.0 Å². The molecule has 0 radical (unpaired) electrons. The van der Waals surface area contributed by atoms with Gasteiger partial charge in [0.05, 0.1) is 10.9 Å². The molecule has 1 heterocycles. The van der Waals surface area contributed by atoms with E-state index in [0.29, 0.717) is 23.7 Å². The van der Waals surface area contributed by atoms with Crippen LogP contribution in [0.4, 0.5) is 0 Å². The lowest BCUT2D eigenvalue weighted by Gasteiger charge is -2.36. The van der Waals surface area contributed by atoms with Gasteiger partial charge in [0, 0.05) is 35.2 Å². The first kappa shape index (κ1) is 20.2. The van der Waals surface area contributed by atoms with Gasteiger partial charge in [0.25, 0.3) is 5.91 Å². The molecule has 1 fully saturated rings. The van der Waals surface area contributed by atoms with Crippen LogP contribution in [0.2, 0.25) is 5.02 Å². The van der Waals surface area contributed by atoms with Gasteiger partial charge < -0.3 is 4.90 Å². The second-order valence-electron chi connectivity index (χ2n) is 6.17. The van der Waals surface area contributed by atoms with Crippen molar-refractivity contribution in [1.82, 2.24) is 9.62 Å². The van der Waals surface area contributed by atoms with E-state index in [0.717, 1.165) is 17.1 Å². The number of nitrogens with zero attached hydrogens (tertiary/aromatic N) is 1. The van der Waals surface area contributed by atoms with Crippen LogP contribution in [0.15, 0.2) is 53.4 Å². The van der Waals surface area contributed by atoms with Crippen LogP contribution in [-0.2, 0) is 10.0 Å². The summed E-state index contributed by atoms with van der Waals surface area (Å²) in [5.74, 6) is 1.60. The molecule has 5 nitrogen and oxygen atoms in total. The molecule has 1 aliphatic heterocycles. The number of hydrogen-bond acceptors (Lipinski definition) is 4. The zero-order valence-corrected chi connectivity index (χ0v) is 17.3. The van der Waals surface area contributed by atoms with E-state index in [1.54, 1.807) is 19.1 Å². The molecule has 144 valence electrons. The molecule has 1 atom stereocenters. The van der Waals surface area contributed by atoms with Crippen LogP contribution >= 0.6 is 23.4 Å². The Morgan fingerprint density at radius 2 is 1.85 bits per heavy atom. The van der Waals surface area contributed by atoms with Crippen molar-refractivity contribution in [3.63, 3.8) is 0 Å². The quantitative estimate of drug-likeness (QED) is 0.796. The number of thioether (sulfide) groups is 1. The lowest BCUT2D eigenvalue weighted by atomic mass is 10.1. The Morgan fingerprint density at radius 1 is 1.19 bits per heavy atom. The molecule has 1 N–H and O–H groups in total. The first-order chi connectivity index (χ1) is 12.9. The number of halogens is 1. The van der Waals surface area contributed by atoms with Crippen molar-refractivity contribution < 1.29 is 13.2 Å². The van der Waals surface area contributed by atoms with E-state index in [1.165, 1.54) is 12.1 Å². The highest BCUT2D eigenvalue weighted by Gasteiger charge is 2.29. The molecular weight excluding hydrogens is 404 g/mol. The van der Waals surface area contributed by atoms with Crippen LogP contribution in [-0.4, -0.2) is 43.8 Å². The Balaban J connectivity index is 1.83. The van der Waals surface area contributed by atoms with E-state index >= 15 is 0 Å². The molecular formula is C19H21ClN2O3S2. The minimum atomic E-state index is -3.53. The van der Waals surface area contributed by atoms with Gasteiger partial charge in [-0.15, -0.1) is 0 Å². The largest absolute Gasteiger partial charge is 0.330 e. The average molecular weight is 425 g/mol. The summed E-state index contributed by atoms with van der Waals surface area (Å²) in [4.78, 5) is 15.1. The van der Waals surface area contributed by atoms with Gasteiger partial charge in [-0.3, -0.25) is 4.79 Å². The number of benzene rings is 2. The molecule has 3 rings (SSSR count). The fourth-order valence-corrected chi connectivity index (χ4v) is 5.28. The van der Waals surface area contributed by atoms with Crippen LogP contribution in [0.5, 0.6) is 0 Å². The number of carbonyl (C=O) groups excluding carboxylic acids is 1. The average Bonchev–Trinajstić information content (AvgIpc) is 2.68. The highest BCUT2D eigenvalue weighted by molar-refractivity contribution is 7.99. The molecule has 2 aromatic rings. The smallest absolute Gasteiger partial charge is 0.254 e. The summed E-state index contributed by atoms with van der Waals surface area (Å²) in [6.07, 6.45) is 0. The Morgan fingerprint density at radius 3 is 2.48 bits per heavy atom. The summed E-state index contributed by atoms with van der Waals surface area (Å²) in [7, 11) is -3.53. The fourth-order valence-electron chi connectivity index (χ4n) is 3.02. The molecule has 1 amide bonds. The van der Waals surface area contributed by atoms with Crippen molar-refractivity contribution in [2.75, 3.05) is 24.6 Å². The van der Waals surface area contributed by atoms with Crippen LogP contribution in [0, 0.1) is 0 Å². The van der Waals surface area contributed by atoms with Crippen molar-refractivity contribution in [3.8, 4) is 0 Å². The number of amides is 1. The Kier molecular flexibility index (Phi) is 6.47. The normalized spacial score (nSPS) is 17.7. The number of nitrogens with one attached hydrogen (secondary N) is 1. The van der Waals surface area contributed by atoms with E-state index in [1.807, 2.05) is 40.9 Å². The van der Waals surface area contributed by atoms with Gasteiger partial charge >= 0.3 is 0 Å². The predicted molar refractivity (Wildman–Crippen MR) is 110 cm³/mol. The maximum Gasteiger partial charge on any atom is 0.254 e. The zero-order chi connectivity index (χ0) is 19.4. The lowest BCUT2D eigenvalue weighted by molar-refractivity contribution is 0.0701. The first-order valence-electron chi connectivity index (χ1n) is 8.66. The second kappa shape index (κ2) is 8.65. The third kappa shape index (κ3) is 4.66. The number of rotatable bonds is 5. The molecule has 1 saturated heterocycles. The summed E-state index contributed by atoms with van der Waals surface area (Å²) in [6.45, 7) is 2.69. The molecule has 0 bridgehead atoms. The van der Waals surface area contributed by atoms with Crippen molar-refractivity contribution in [2.45, 2.75) is 17.9 Å². The van der Waals surface area contributed by atoms with Gasteiger partial charge in [-0.25, -0.2) is 13.1 Å². The van der Waals surface area contributed by atoms with Crippen molar-refractivity contribution in [3.05, 3.63) is 64.7 Å². The first-order valence-corrected chi connectivity index (χ1v) is 11.7. The molecule has 27 heavy (non-hydrogen) atoms. The van der Waals surface area contributed by atoms with E-state index in [9.17, 15) is 13.2 Å². The predicted octanol–water partition coefficient (Wildman–Crippen LogP) is 3.57.